The first-order valence-electron chi connectivity index (χ1n) is 6.60. The lowest BCUT2D eigenvalue weighted by atomic mass is 10.2. The van der Waals surface area contributed by atoms with Gasteiger partial charge in [0.05, 0.1) is 6.10 Å². The van der Waals surface area contributed by atoms with E-state index in [0.717, 1.165) is 25.3 Å². The molecule has 0 aliphatic heterocycles. The highest BCUT2D eigenvalue weighted by molar-refractivity contribution is 7.99. The van der Waals surface area contributed by atoms with E-state index < -0.39 is 0 Å². The molecule has 1 unspecified atom stereocenters. The van der Waals surface area contributed by atoms with Gasteiger partial charge in [-0.1, -0.05) is 44.2 Å². The zero-order chi connectivity index (χ0) is 13.4. The van der Waals surface area contributed by atoms with Crippen LogP contribution in [0.2, 0.25) is 0 Å². The predicted octanol–water partition coefficient (Wildman–Crippen LogP) is 3.01. The van der Waals surface area contributed by atoms with Crippen LogP contribution >= 0.6 is 11.8 Å². The third-order valence-corrected chi connectivity index (χ3v) is 4.01. The molecule has 0 saturated carbocycles. The molecule has 1 aromatic rings. The fourth-order valence-electron chi connectivity index (χ4n) is 1.73. The fourth-order valence-corrected chi connectivity index (χ4v) is 2.50. The summed E-state index contributed by atoms with van der Waals surface area (Å²) in [5, 5.41) is 10.5. The minimum Gasteiger partial charge on any atom is -0.392 e. The van der Waals surface area contributed by atoms with Crippen LogP contribution in [-0.4, -0.2) is 40.7 Å². The molecule has 0 saturated heterocycles. The van der Waals surface area contributed by atoms with Crippen LogP contribution in [0, 0.1) is 0 Å². The van der Waals surface area contributed by atoms with Crippen molar-refractivity contribution in [3.8, 4) is 0 Å². The summed E-state index contributed by atoms with van der Waals surface area (Å²) in [6, 6.07) is 10.5. The number of aliphatic hydroxyl groups is 1. The van der Waals surface area contributed by atoms with Gasteiger partial charge in [0.2, 0.25) is 0 Å². The number of benzene rings is 1. The van der Waals surface area contributed by atoms with Crippen molar-refractivity contribution in [2.45, 2.75) is 38.2 Å². The second kappa shape index (κ2) is 8.57. The SMILES string of the molecule is CC(C)SCC(O)CCN(C)Cc1ccccc1. The van der Waals surface area contributed by atoms with Crippen molar-refractivity contribution >= 4 is 11.8 Å². The quantitative estimate of drug-likeness (QED) is 0.783. The van der Waals surface area contributed by atoms with E-state index >= 15 is 0 Å². The molecule has 3 heteroatoms. The molecule has 0 fully saturated rings. The third-order valence-electron chi connectivity index (χ3n) is 2.76. The van der Waals surface area contributed by atoms with E-state index in [9.17, 15) is 5.11 Å². The molecule has 0 aromatic heterocycles. The highest BCUT2D eigenvalue weighted by Gasteiger charge is 2.08. The number of thioether (sulfide) groups is 1. The Morgan fingerprint density at radius 1 is 1.22 bits per heavy atom. The molecule has 0 aliphatic rings. The van der Waals surface area contributed by atoms with Crippen molar-refractivity contribution in [1.29, 1.82) is 0 Å². The average Bonchev–Trinajstić information content (AvgIpc) is 2.35. The monoisotopic (exact) mass is 267 g/mol. The molecule has 0 heterocycles. The van der Waals surface area contributed by atoms with Gasteiger partial charge in [0, 0.05) is 18.8 Å². The zero-order valence-electron chi connectivity index (χ0n) is 11.7. The average molecular weight is 267 g/mol. The van der Waals surface area contributed by atoms with Crippen LogP contribution in [0.15, 0.2) is 30.3 Å². The van der Waals surface area contributed by atoms with Crippen molar-refractivity contribution in [3.05, 3.63) is 35.9 Å². The van der Waals surface area contributed by atoms with Gasteiger partial charge in [-0.15, -0.1) is 0 Å². The normalized spacial score (nSPS) is 13.2. The largest absolute Gasteiger partial charge is 0.392 e. The smallest absolute Gasteiger partial charge is 0.0642 e. The Morgan fingerprint density at radius 2 is 1.89 bits per heavy atom. The number of aliphatic hydroxyl groups excluding tert-OH is 1. The number of nitrogens with zero attached hydrogens (tertiary/aromatic N) is 1. The highest BCUT2D eigenvalue weighted by atomic mass is 32.2. The summed E-state index contributed by atoms with van der Waals surface area (Å²) in [5.41, 5.74) is 1.33. The summed E-state index contributed by atoms with van der Waals surface area (Å²) >= 11 is 1.83. The van der Waals surface area contributed by atoms with E-state index in [0.29, 0.717) is 5.25 Å². The number of hydrogen-bond donors (Lipinski definition) is 1. The topological polar surface area (TPSA) is 23.5 Å². The second-order valence-electron chi connectivity index (χ2n) is 5.05. The van der Waals surface area contributed by atoms with E-state index in [2.05, 4.69) is 50.1 Å². The van der Waals surface area contributed by atoms with Gasteiger partial charge in [0.1, 0.15) is 0 Å². The van der Waals surface area contributed by atoms with Crippen molar-refractivity contribution in [2.75, 3.05) is 19.3 Å². The summed E-state index contributed by atoms with van der Waals surface area (Å²) in [5.74, 6) is 0.844. The molecular weight excluding hydrogens is 242 g/mol. The summed E-state index contributed by atoms with van der Waals surface area (Å²) in [7, 11) is 2.11. The number of rotatable bonds is 8. The Bertz CT molecular complexity index is 316. The van der Waals surface area contributed by atoms with E-state index in [1.54, 1.807) is 0 Å². The van der Waals surface area contributed by atoms with Gasteiger partial charge in [-0.05, 0) is 24.3 Å². The standard InChI is InChI=1S/C15H25NOS/c1-13(2)18-12-15(17)9-10-16(3)11-14-7-5-4-6-8-14/h4-8,13,15,17H,9-12H2,1-3H3. The second-order valence-corrected chi connectivity index (χ2v) is 6.66. The van der Waals surface area contributed by atoms with Gasteiger partial charge in [0.25, 0.3) is 0 Å². The molecule has 1 atom stereocenters. The van der Waals surface area contributed by atoms with Gasteiger partial charge in [-0.3, -0.25) is 0 Å². The first-order chi connectivity index (χ1) is 8.58. The molecule has 1 rings (SSSR count). The maximum atomic E-state index is 9.87. The van der Waals surface area contributed by atoms with Crippen LogP contribution in [0.25, 0.3) is 0 Å². The molecule has 1 aromatic carbocycles. The molecule has 0 amide bonds. The van der Waals surface area contributed by atoms with Gasteiger partial charge in [0.15, 0.2) is 0 Å². The molecule has 0 spiro atoms. The fraction of sp³-hybridized carbons (Fsp3) is 0.600. The summed E-state index contributed by atoms with van der Waals surface area (Å²) in [4.78, 5) is 2.26. The summed E-state index contributed by atoms with van der Waals surface area (Å²) in [6.45, 7) is 6.22. The van der Waals surface area contributed by atoms with Crippen LogP contribution in [0.3, 0.4) is 0 Å². The summed E-state index contributed by atoms with van der Waals surface area (Å²) in [6.07, 6.45) is 0.666. The van der Waals surface area contributed by atoms with Crippen molar-refractivity contribution in [3.63, 3.8) is 0 Å². The Kier molecular flexibility index (Phi) is 7.40. The van der Waals surface area contributed by atoms with Gasteiger partial charge < -0.3 is 10.0 Å². The molecular formula is C15H25NOS. The number of hydrogen-bond acceptors (Lipinski definition) is 3. The first kappa shape index (κ1) is 15.5. The maximum absolute atomic E-state index is 9.87. The lowest BCUT2D eigenvalue weighted by Crippen LogP contribution is -2.24. The molecule has 0 radical (unpaired) electrons. The highest BCUT2D eigenvalue weighted by Crippen LogP contribution is 2.12. The third kappa shape index (κ3) is 7.04. The molecule has 1 N–H and O–H groups in total. The van der Waals surface area contributed by atoms with E-state index in [-0.39, 0.29) is 6.10 Å². The van der Waals surface area contributed by atoms with Gasteiger partial charge >= 0.3 is 0 Å². The Labute approximate surface area is 115 Å². The van der Waals surface area contributed by atoms with Crippen LogP contribution in [0.1, 0.15) is 25.8 Å². The molecule has 0 aliphatic carbocycles. The first-order valence-corrected chi connectivity index (χ1v) is 7.65. The minimum absolute atomic E-state index is 0.185. The van der Waals surface area contributed by atoms with Gasteiger partial charge in [-0.2, -0.15) is 11.8 Å². The minimum atomic E-state index is -0.185. The van der Waals surface area contributed by atoms with E-state index in [1.807, 2.05) is 17.8 Å². The summed E-state index contributed by atoms with van der Waals surface area (Å²) < 4.78 is 0. The van der Waals surface area contributed by atoms with Crippen molar-refractivity contribution in [2.24, 2.45) is 0 Å². The van der Waals surface area contributed by atoms with Crippen molar-refractivity contribution < 1.29 is 5.11 Å². The zero-order valence-corrected chi connectivity index (χ0v) is 12.5. The maximum Gasteiger partial charge on any atom is 0.0642 e. The van der Waals surface area contributed by atoms with Crippen LogP contribution in [0.5, 0.6) is 0 Å². The van der Waals surface area contributed by atoms with E-state index in [1.165, 1.54) is 5.56 Å². The lowest BCUT2D eigenvalue weighted by molar-refractivity contribution is 0.167. The van der Waals surface area contributed by atoms with Crippen LogP contribution in [-0.2, 0) is 6.54 Å². The van der Waals surface area contributed by atoms with Gasteiger partial charge in [-0.25, -0.2) is 0 Å². The predicted molar refractivity (Wildman–Crippen MR) is 81.0 cm³/mol. The van der Waals surface area contributed by atoms with E-state index in [4.69, 9.17) is 0 Å². The Hall–Kier alpha value is -0.510. The molecule has 18 heavy (non-hydrogen) atoms. The van der Waals surface area contributed by atoms with Crippen molar-refractivity contribution in [1.82, 2.24) is 4.90 Å². The van der Waals surface area contributed by atoms with Crippen LogP contribution < -0.4 is 0 Å². The Morgan fingerprint density at radius 3 is 2.50 bits per heavy atom. The van der Waals surface area contributed by atoms with Crippen LogP contribution in [0.4, 0.5) is 0 Å². The molecule has 2 nitrogen and oxygen atoms in total. The molecule has 0 bridgehead atoms. The molecule has 102 valence electrons. The lowest BCUT2D eigenvalue weighted by Gasteiger charge is -2.19. The Balaban J connectivity index is 2.18.